The average molecular weight is 277 g/mol. The summed E-state index contributed by atoms with van der Waals surface area (Å²) in [5.74, 6) is 0. The lowest BCUT2D eigenvalue weighted by atomic mass is 10.1. The molecule has 0 spiro atoms. The van der Waals surface area contributed by atoms with Crippen LogP contribution in [0.1, 0.15) is 5.56 Å². The smallest absolute Gasteiger partial charge is 0.0366 e. The topological polar surface area (TPSA) is 0 Å². The Morgan fingerprint density at radius 1 is 1.07 bits per heavy atom. The Balaban J connectivity index is 2.61. The molecule has 1 aromatic heterocycles. The SMILES string of the molecule is Cc1ccc2sc3cccc(Br)c3c2c1. The van der Waals surface area contributed by atoms with Crippen LogP contribution in [0.25, 0.3) is 20.2 Å². The first-order chi connectivity index (χ1) is 7.25. The highest BCUT2D eigenvalue weighted by Gasteiger charge is 2.07. The number of halogens is 1. The van der Waals surface area contributed by atoms with Crippen molar-refractivity contribution in [2.45, 2.75) is 6.92 Å². The van der Waals surface area contributed by atoms with Crippen molar-refractivity contribution in [2.75, 3.05) is 0 Å². The van der Waals surface area contributed by atoms with Crippen LogP contribution in [0.5, 0.6) is 0 Å². The van der Waals surface area contributed by atoms with E-state index in [9.17, 15) is 0 Å². The fraction of sp³-hybridized carbons (Fsp3) is 0.0769. The maximum atomic E-state index is 3.63. The van der Waals surface area contributed by atoms with Crippen molar-refractivity contribution in [3.8, 4) is 0 Å². The fourth-order valence-corrected chi connectivity index (χ4v) is 3.72. The third kappa shape index (κ3) is 1.40. The molecule has 0 aliphatic rings. The molecule has 15 heavy (non-hydrogen) atoms. The Morgan fingerprint density at radius 3 is 2.80 bits per heavy atom. The molecule has 0 amide bonds. The normalized spacial score (nSPS) is 11.3. The van der Waals surface area contributed by atoms with Gasteiger partial charge in [0.15, 0.2) is 0 Å². The van der Waals surface area contributed by atoms with Crippen LogP contribution in [0.15, 0.2) is 40.9 Å². The minimum atomic E-state index is 1.19. The van der Waals surface area contributed by atoms with Gasteiger partial charge in [0, 0.05) is 24.6 Å². The van der Waals surface area contributed by atoms with Crippen LogP contribution >= 0.6 is 27.3 Å². The Labute approximate surface area is 101 Å². The highest BCUT2D eigenvalue weighted by molar-refractivity contribution is 9.10. The number of hydrogen-bond acceptors (Lipinski definition) is 1. The van der Waals surface area contributed by atoms with Crippen LogP contribution in [0.4, 0.5) is 0 Å². The summed E-state index contributed by atoms with van der Waals surface area (Å²) in [7, 11) is 0. The van der Waals surface area contributed by atoms with Crippen molar-refractivity contribution in [1.82, 2.24) is 0 Å². The van der Waals surface area contributed by atoms with Gasteiger partial charge in [0.2, 0.25) is 0 Å². The van der Waals surface area contributed by atoms with E-state index in [0.29, 0.717) is 0 Å². The highest BCUT2D eigenvalue weighted by Crippen LogP contribution is 2.38. The molecule has 0 bridgehead atoms. The summed E-state index contributed by atoms with van der Waals surface area (Å²) in [6.07, 6.45) is 0. The Hall–Kier alpha value is -0.860. The van der Waals surface area contributed by atoms with E-state index >= 15 is 0 Å². The molecule has 3 aromatic rings. The number of hydrogen-bond donors (Lipinski definition) is 0. The minimum absolute atomic E-state index is 1.19. The summed E-state index contributed by atoms with van der Waals surface area (Å²) in [5.41, 5.74) is 1.32. The second-order valence-corrected chi connectivity index (χ2v) is 5.65. The Morgan fingerprint density at radius 2 is 1.93 bits per heavy atom. The van der Waals surface area contributed by atoms with Gasteiger partial charge in [-0.1, -0.05) is 33.6 Å². The molecule has 0 fully saturated rings. The number of aryl methyl sites for hydroxylation is 1. The Kier molecular flexibility index (Phi) is 2.08. The van der Waals surface area contributed by atoms with Crippen molar-refractivity contribution in [1.29, 1.82) is 0 Å². The number of rotatable bonds is 0. The summed E-state index contributed by atoms with van der Waals surface area (Å²) >= 11 is 5.48. The molecule has 2 aromatic carbocycles. The predicted molar refractivity (Wildman–Crippen MR) is 71.8 cm³/mol. The lowest BCUT2D eigenvalue weighted by Gasteiger charge is -1.96. The molecule has 2 heteroatoms. The molecule has 0 radical (unpaired) electrons. The van der Waals surface area contributed by atoms with Crippen molar-refractivity contribution in [3.05, 3.63) is 46.4 Å². The molecule has 0 saturated carbocycles. The van der Waals surface area contributed by atoms with Gasteiger partial charge in [0.25, 0.3) is 0 Å². The van der Waals surface area contributed by atoms with Gasteiger partial charge in [-0.15, -0.1) is 11.3 Å². The van der Waals surface area contributed by atoms with Gasteiger partial charge in [-0.25, -0.2) is 0 Å². The van der Waals surface area contributed by atoms with Crippen LogP contribution in [0.3, 0.4) is 0 Å². The molecule has 0 aliphatic heterocycles. The maximum absolute atomic E-state index is 3.63. The van der Waals surface area contributed by atoms with Gasteiger partial charge in [-0.05, 0) is 31.2 Å². The van der Waals surface area contributed by atoms with Gasteiger partial charge in [0.1, 0.15) is 0 Å². The predicted octanol–water partition coefficient (Wildman–Crippen LogP) is 5.13. The minimum Gasteiger partial charge on any atom is -0.135 e. The van der Waals surface area contributed by atoms with E-state index in [1.54, 1.807) is 0 Å². The zero-order valence-electron chi connectivity index (χ0n) is 8.25. The fourth-order valence-electron chi connectivity index (χ4n) is 1.90. The monoisotopic (exact) mass is 276 g/mol. The second kappa shape index (κ2) is 3.32. The van der Waals surface area contributed by atoms with E-state index in [1.165, 1.54) is 30.2 Å². The van der Waals surface area contributed by atoms with Crippen LogP contribution in [0, 0.1) is 6.92 Å². The van der Waals surface area contributed by atoms with Gasteiger partial charge in [-0.2, -0.15) is 0 Å². The standard InChI is InChI=1S/C13H9BrS/c1-8-5-6-11-9(7-8)13-10(14)3-2-4-12(13)15-11/h2-7H,1H3. The van der Waals surface area contributed by atoms with E-state index in [1.807, 2.05) is 11.3 Å². The van der Waals surface area contributed by atoms with Crippen LogP contribution in [0.2, 0.25) is 0 Å². The first-order valence-electron chi connectivity index (χ1n) is 4.83. The van der Waals surface area contributed by atoms with Gasteiger partial charge in [-0.3, -0.25) is 0 Å². The first kappa shape index (κ1) is 9.37. The number of thiophene rings is 1. The van der Waals surface area contributed by atoms with Crippen molar-refractivity contribution >= 4 is 47.4 Å². The van der Waals surface area contributed by atoms with Gasteiger partial charge >= 0.3 is 0 Å². The van der Waals surface area contributed by atoms with E-state index < -0.39 is 0 Å². The lowest BCUT2D eigenvalue weighted by Crippen LogP contribution is -1.71. The van der Waals surface area contributed by atoms with E-state index in [2.05, 4.69) is 59.3 Å². The average Bonchev–Trinajstić information content (AvgIpc) is 2.57. The first-order valence-corrected chi connectivity index (χ1v) is 6.44. The summed E-state index contributed by atoms with van der Waals surface area (Å²) in [5, 5.41) is 2.71. The second-order valence-electron chi connectivity index (χ2n) is 3.71. The van der Waals surface area contributed by atoms with Gasteiger partial charge in [0.05, 0.1) is 0 Å². The van der Waals surface area contributed by atoms with Crippen molar-refractivity contribution in [3.63, 3.8) is 0 Å². The van der Waals surface area contributed by atoms with Crippen LogP contribution < -0.4 is 0 Å². The zero-order chi connectivity index (χ0) is 10.4. The molecule has 1 heterocycles. The highest BCUT2D eigenvalue weighted by atomic mass is 79.9. The van der Waals surface area contributed by atoms with E-state index in [4.69, 9.17) is 0 Å². The number of benzene rings is 2. The van der Waals surface area contributed by atoms with Crippen LogP contribution in [-0.4, -0.2) is 0 Å². The van der Waals surface area contributed by atoms with Gasteiger partial charge < -0.3 is 0 Å². The van der Waals surface area contributed by atoms with E-state index in [-0.39, 0.29) is 0 Å². The zero-order valence-corrected chi connectivity index (χ0v) is 10.7. The van der Waals surface area contributed by atoms with Crippen molar-refractivity contribution in [2.24, 2.45) is 0 Å². The molecule has 0 N–H and O–H groups in total. The summed E-state index contributed by atoms with van der Waals surface area (Å²) < 4.78 is 3.91. The third-order valence-electron chi connectivity index (χ3n) is 2.60. The molecule has 0 aliphatic carbocycles. The molecule has 74 valence electrons. The quantitative estimate of drug-likeness (QED) is 0.534. The van der Waals surface area contributed by atoms with Crippen LogP contribution in [-0.2, 0) is 0 Å². The van der Waals surface area contributed by atoms with Crippen molar-refractivity contribution < 1.29 is 0 Å². The molecule has 0 saturated heterocycles. The summed E-state index contributed by atoms with van der Waals surface area (Å²) in [6, 6.07) is 13.0. The molecular weight excluding hydrogens is 268 g/mol. The van der Waals surface area contributed by atoms with E-state index in [0.717, 1.165) is 0 Å². The summed E-state index contributed by atoms with van der Waals surface area (Å²) in [6.45, 7) is 2.14. The molecular formula is C13H9BrS. The third-order valence-corrected chi connectivity index (χ3v) is 4.40. The molecule has 3 rings (SSSR count). The maximum Gasteiger partial charge on any atom is 0.0366 e. The molecule has 0 unspecified atom stereocenters. The summed E-state index contributed by atoms with van der Waals surface area (Å²) in [4.78, 5) is 0. The molecule has 0 atom stereocenters. The Bertz CT molecular complexity index is 652. The number of fused-ring (bicyclic) bond motifs is 3. The largest absolute Gasteiger partial charge is 0.135 e. The molecule has 0 nitrogen and oxygen atoms in total. The lowest BCUT2D eigenvalue weighted by molar-refractivity contribution is 1.52.